The SMILES string of the molecule is Cc1ccc(Br)cc1Oc1ccc(C(F)(F)F)cc1CN. The van der Waals surface area contributed by atoms with Crippen LogP contribution in [0.5, 0.6) is 11.5 Å². The van der Waals surface area contributed by atoms with E-state index < -0.39 is 11.7 Å². The van der Waals surface area contributed by atoms with Crippen molar-refractivity contribution in [3.63, 3.8) is 0 Å². The first kappa shape index (κ1) is 15.9. The van der Waals surface area contributed by atoms with Crippen LogP contribution in [-0.4, -0.2) is 0 Å². The lowest BCUT2D eigenvalue weighted by atomic mass is 10.1. The van der Waals surface area contributed by atoms with Crippen LogP contribution in [0.2, 0.25) is 0 Å². The maximum Gasteiger partial charge on any atom is 0.416 e. The third-order valence-electron chi connectivity index (χ3n) is 2.98. The van der Waals surface area contributed by atoms with Crippen molar-refractivity contribution in [1.29, 1.82) is 0 Å². The lowest BCUT2D eigenvalue weighted by Gasteiger charge is -2.14. The summed E-state index contributed by atoms with van der Waals surface area (Å²) >= 11 is 3.33. The Labute approximate surface area is 128 Å². The van der Waals surface area contributed by atoms with E-state index >= 15 is 0 Å². The summed E-state index contributed by atoms with van der Waals surface area (Å²) in [7, 11) is 0. The fourth-order valence-corrected chi connectivity index (χ4v) is 2.16. The summed E-state index contributed by atoms with van der Waals surface area (Å²) in [6.45, 7) is 1.82. The predicted octanol–water partition coefficient (Wildman–Crippen LogP) is 5.03. The molecule has 0 amide bonds. The Morgan fingerprint density at radius 1 is 1.10 bits per heavy atom. The second-order valence-electron chi connectivity index (χ2n) is 4.54. The lowest BCUT2D eigenvalue weighted by Crippen LogP contribution is -2.08. The highest BCUT2D eigenvalue weighted by Gasteiger charge is 2.31. The predicted molar refractivity (Wildman–Crippen MR) is 78.3 cm³/mol. The van der Waals surface area contributed by atoms with E-state index in [2.05, 4.69) is 15.9 Å². The molecule has 0 spiro atoms. The minimum atomic E-state index is -4.39. The molecule has 0 atom stereocenters. The summed E-state index contributed by atoms with van der Waals surface area (Å²) in [4.78, 5) is 0. The van der Waals surface area contributed by atoms with E-state index in [4.69, 9.17) is 10.5 Å². The van der Waals surface area contributed by atoms with E-state index in [0.717, 1.165) is 22.2 Å². The molecule has 0 aromatic heterocycles. The van der Waals surface area contributed by atoms with Crippen LogP contribution in [-0.2, 0) is 12.7 Å². The number of ether oxygens (including phenoxy) is 1. The highest BCUT2D eigenvalue weighted by molar-refractivity contribution is 9.10. The number of halogens is 4. The van der Waals surface area contributed by atoms with Crippen LogP contribution in [0.3, 0.4) is 0 Å². The molecular formula is C15H13BrF3NO. The molecule has 2 aromatic rings. The van der Waals surface area contributed by atoms with Crippen molar-refractivity contribution >= 4 is 15.9 Å². The first-order valence-electron chi connectivity index (χ1n) is 6.15. The minimum absolute atomic E-state index is 0.0354. The van der Waals surface area contributed by atoms with Crippen LogP contribution >= 0.6 is 15.9 Å². The van der Waals surface area contributed by atoms with Crippen molar-refractivity contribution in [2.75, 3.05) is 0 Å². The molecule has 2 aromatic carbocycles. The van der Waals surface area contributed by atoms with Gasteiger partial charge in [0.05, 0.1) is 5.56 Å². The molecule has 21 heavy (non-hydrogen) atoms. The molecule has 0 aliphatic heterocycles. The Kier molecular flexibility index (Phi) is 4.58. The highest BCUT2D eigenvalue weighted by atomic mass is 79.9. The summed E-state index contributed by atoms with van der Waals surface area (Å²) in [6, 6.07) is 8.77. The molecule has 2 rings (SSSR count). The molecule has 2 nitrogen and oxygen atoms in total. The summed E-state index contributed by atoms with van der Waals surface area (Å²) < 4.78 is 44.6. The van der Waals surface area contributed by atoms with Gasteiger partial charge in [-0.2, -0.15) is 13.2 Å². The van der Waals surface area contributed by atoms with Crippen LogP contribution in [0, 0.1) is 6.92 Å². The number of nitrogens with two attached hydrogens (primary N) is 1. The number of rotatable bonds is 3. The molecule has 0 saturated heterocycles. The van der Waals surface area contributed by atoms with Crippen LogP contribution in [0.25, 0.3) is 0 Å². The molecule has 0 aliphatic rings. The smallest absolute Gasteiger partial charge is 0.416 e. The van der Waals surface area contributed by atoms with Gasteiger partial charge in [-0.1, -0.05) is 22.0 Å². The first-order valence-corrected chi connectivity index (χ1v) is 6.95. The average molecular weight is 360 g/mol. The fraction of sp³-hybridized carbons (Fsp3) is 0.200. The Morgan fingerprint density at radius 2 is 1.81 bits per heavy atom. The second-order valence-corrected chi connectivity index (χ2v) is 5.45. The van der Waals surface area contributed by atoms with Crippen LogP contribution in [0.15, 0.2) is 40.9 Å². The second kappa shape index (κ2) is 6.07. The fourth-order valence-electron chi connectivity index (χ4n) is 1.82. The van der Waals surface area contributed by atoms with Gasteiger partial charge in [-0.3, -0.25) is 0 Å². The van der Waals surface area contributed by atoms with Gasteiger partial charge < -0.3 is 10.5 Å². The lowest BCUT2D eigenvalue weighted by molar-refractivity contribution is -0.137. The van der Waals surface area contributed by atoms with Gasteiger partial charge >= 0.3 is 6.18 Å². The third-order valence-corrected chi connectivity index (χ3v) is 3.47. The van der Waals surface area contributed by atoms with Crippen molar-refractivity contribution in [2.45, 2.75) is 19.6 Å². The highest BCUT2D eigenvalue weighted by Crippen LogP contribution is 2.35. The summed E-state index contributed by atoms with van der Waals surface area (Å²) in [5, 5.41) is 0. The van der Waals surface area contributed by atoms with E-state index in [1.165, 1.54) is 6.07 Å². The zero-order valence-electron chi connectivity index (χ0n) is 11.2. The number of benzene rings is 2. The summed E-state index contributed by atoms with van der Waals surface area (Å²) in [6.07, 6.45) is -4.39. The topological polar surface area (TPSA) is 35.2 Å². The molecule has 6 heteroatoms. The van der Waals surface area contributed by atoms with Crippen molar-refractivity contribution in [2.24, 2.45) is 5.73 Å². The number of hydrogen-bond acceptors (Lipinski definition) is 2. The van der Waals surface area contributed by atoms with Gasteiger partial charge in [0, 0.05) is 16.6 Å². The van der Waals surface area contributed by atoms with E-state index in [0.29, 0.717) is 17.1 Å². The van der Waals surface area contributed by atoms with Crippen LogP contribution < -0.4 is 10.5 Å². The van der Waals surface area contributed by atoms with E-state index in [1.54, 1.807) is 6.07 Å². The minimum Gasteiger partial charge on any atom is -0.457 e. The Hall–Kier alpha value is -1.53. The Balaban J connectivity index is 2.38. The van der Waals surface area contributed by atoms with Gasteiger partial charge in [-0.05, 0) is 42.8 Å². The van der Waals surface area contributed by atoms with Crippen molar-refractivity contribution in [1.82, 2.24) is 0 Å². The molecule has 0 radical (unpaired) electrons. The molecule has 2 N–H and O–H groups in total. The number of hydrogen-bond donors (Lipinski definition) is 1. The van der Waals surface area contributed by atoms with E-state index in [-0.39, 0.29) is 6.54 Å². The Bertz CT molecular complexity index is 656. The van der Waals surface area contributed by atoms with Crippen LogP contribution in [0.4, 0.5) is 13.2 Å². The van der Waals surface area contributed by atoms with Crippen LogP contribution in [0.1, 0.15) is 16.7 Å². The molecule has 0 heterocycles. The average Bonchev–Trinajstić information content (AvgIpc) is 2.42. The van der Waals surface area contributed by atoms with Gasteiger partial charge in [0.1, 0.15) is 11.5 Å². The summed E-state index contributed by atoms with van der Waals surface area (Å²) in [5.41, 5.74) is 5.98. The molecule has 0 bridgehead atoms. The third kappa shape index (κ3) is 3.77. The largest absolute Gasteiger partial charge is 0.457 e. The Morgan fingerprint density at radius 3 is 2.43 bits per heavy atom. The van der Waals surface area contributed by atoms with Crippen molar-refractivity contribution < 1.29 is 17.9 Å². The molecule has 112 valence electrons. The summed E-state index contributed by atoms with van der Waals surface area (Å²) in [5.74, 6) is 0.894. The van der Waals surface area contributed by atoms with Gasteiger partial charge in [-0.25, -0.2) is 0 Å². The zero-order valence-corrected chi connectivity index (χ0v) is 12.8. The standard InChI is InChI=1S/C15H13BrF3NO/c1-9-2-4-12(16)7-14(9)21-13-5-3-11(15(17,18)19)6-10(13)8-20/h2-7H,8,20H2,1H3. The number of alkyl halides is 3. The van der Waals surface area contributed by atoms with Gasteiger partial charge in [-0.15, -0.1) is 0 Å². The van der Waals surface area contributed by atoms with E-state index in [1.807, 2.05) is 19.1 Å². The first-order chi connectivity index (χ1) is 9.81. The van der Waals surface area contributed by atoms with Gasteiger partial charge in [0.15, 0.2) is 0 Å². The zero-order chi connectivity index (χ0) is 15.6. The monoisotopic (exact) mass is 359 g/mol. The van der Waals surface area contributed by atoms with Gasteiger partial charge in [0.2, 0.25) is 0 Å². The van der Waals surface area contributed by atoms with Gasteiger partial charge in [0.25, 0.3) is 0 Å². The quantitative estimate of drug-likeness (QED) is 0.834. The maximum atomic E-state index is 12.7. The molecule has 0 saturated carbocycles. The molecule has 0 fully saturated rings. The van der Waals surface area contributed by atoms with Crippen molar-refractivity contribution in [3.05, 3.63) is 57.6 Å². The normalized spacial score (nSPS) is 11.5. The molecule has 0 unspecified atom stereocenters. The maximum absolute atomic E-state index is 12.7. The van der Waals surface area contributed by atoms with E-state index in [9.17, 15) is 13.2 Å². The van der Waals surface area contributed by atoms with Crippen molar-refractivity contribution in [3.8, 4) is 11.5 Å². The molecular weight excluding hydrogens is 347 g/mol. The number of aryl methyl sites for hydroxylation is 1. The molecule has 0 aliphatic carbocycles.